The van der Waals surface area contributed by atoms with Crippen LogP contribution in [-0.2, 0) is 16.6 Å². The van der Waals surface area contributed by atoms with E-state index in [1.165, 1.54) is 9.88 Å². The van der Waals surface area contributed by atoms with Gasteiger partial charge >= 0.3 is 0 Å². The molecular weight excluding hydrogens is 450 g/mol. The topological polar surface area (TPSA) is 83.0 Å². The maximum atomic E-state index is 13.6. The Morgan fingerprint density at radius 1 is 1.29 bits per heavy atom. The minimum atomic E-state index is -3.82. The molecule has 8 heteroatoms. The molecule has 2 aliphatic rings. The molecule has 0 spiro atoms. The molecule has 0 bridgehead atoms. The van der Waals surface area contributed by atoms with Crippen LogP contribution in [0.2, 0.25) is 0 Å². The summed E-state index contributed by atoms with van der Waals surface area (Å²) in [7, 11) is -1.80. The molecular formula is C26H35N3O4S. The summed E-state index contributed by atoms with van der Waals surface area (Å²) in [5.74, 6) is 0.306. The molecule has 184 valence electrons. The van der Waals surface area contributed by atoms with E-state index in [9.17, 15) is 13.5 Å². The number of rotatable bonds is 7. The highest BCUT2D eigenvalue weighted by Crippen LogP contribution is 2.37. The van der Waals surface area contributed by atoms with E-state index in [1.807, 2.05) is 44.3 Å². The minimum absolute atomic E-state index is 0.0857. The van der Waals surface area contributed by atoms with Crippen LogP contribution in [0.5, 0.6) is 5.75 Å². The second-order valence-electron chi connectivity index (χ2n) is 9.54. The molecule has 34 heavy (non-hydrogen) atoms. The third kappa shape index (κ3) is 5.35. The molecule has 0 saturated heterocycles. The molecule has 0 radical (unpaired) electrons. The molecule has 1 aromatic heterocycles. The molecule has 1 aromatic carbocycles. The standard InChI is InChI=1S/C26H35N3O4S/c1-19-15-29(20(2)18-30)34(31,32)26-12-11-22(21-8-4-5-9-21)14-24(26)33-25(19)17-28(3)16-23-10-6-7-13-27-23/h6-8,10-14,19-20,25,30H,4-5,9,15-18H2,1-3H3/t19-,20-,25-/m1/s1. The highest BCUT2D eigenvalue weighted by molar-refractivity contribution is 7.89. The van der Waals surface area contributed by atoms with E-state index in [2.05, 4.69) is 16.0 Å². The predicted molar refractivity (Wildman–Crippen MR) is 133 cm³/mol. The summed E-state index contributed by atoms with van der Waals surface area (Å²) < 4.78 is 35.2. The van der Waals surface area contributed by atoms with Gasteiger partial charge in [0.2, 0.25) is 10.0 Å². The van der Waals surface area contributed by atoms with Gasteiger partial charge in [0, 0.05) is 37.8 Å². The number of pyridine rings is 1. The number of hydrogen-bond donors (Lipinski definition) is 1. The van der Waals surface area contributed by atoms with Gasteiger partial charge in [0.25, 0.3) is 0 Å². The van der Waals surface area contributed by atoms with Crippen molar-refractivity contribution in [2.45, 2.75) is 56.7 Å². The van der Waals surface area contributed by atoms with Crippen molar-refractivity contribution in [1.82, 2.24) is 14.2 Å². The third-order valence-corrected chi connectivity index (χ3v) is 8.75. The first-order chi connectivity index (χ1) is 16.3. The normalized spacial score (nSPS) is 23.5. The zero-order valence-corrected chi connectivity index (χ0v) is 21.0. The number of aromatic nitrogens is 1. The number of fused-ring (bicyclic) bond motifs is 1. The van der Waals surface area contributed by atoms with Crippen LogP contribution in [0, 0.1) is 5.92 Å². The van der Waals surface area contributed by atoms with Crippen molar-refractivity contribution in [3.05, 3.63) is 59.9 Å². The molecule has 3 atom stereocenters. The summed E-state index contributed by atoms with van der Waals surface area (Å²) in [5.41, 5.74) is 3.22. The quantitative estimate of drug-likeness (QED) is 0.646. The highest BCUT2D eigenvalue weighted by atomic mass is 32.2. The van der Waals surface area contributed by atoms with Gasteiger partial charge in [-0.25, -0.2) is 8.42 Å². The molecule has 0 fully saturated rings. The summed E-state index contributed by atoms with van der Waals surface area (Å²) in [4.78, 5) is 6.74. The molecule has 0 amide bonds. The van der Waals surface area contributed by atoms with Gasteiger partial charge in [-0.3, -0.25) is 9.88 Å². The molecule has 0 unspecified atom stereocenters. The summed E-state index contributed by atoms with van der Waals surface area (Å²) >= 11 is 0. The molecule has 4 rings (SSSR count). The summed E-state index contributed by atoms with van der Waals surface area (Å²) in [6.45, 7) is 5.08. The first kappa shape index (κ1) is 24.9. The Morgan fingerprint density at radius 3 is 2.79 bits per heavy atom. The molecule has 2 heterocycles. The van der Waals surface area contributed by atoms with Gasteiger partial charge in [-0.05, 0) is 68.6 Å². The number of allylic oxidation sites excluding steroid dienone is 2. The maximum Gasteiger partial charge on any atom is 0.247 e. The Hall–Kier alpha value is -2.26. The van der Waals surface area contributed by atoms with Gasteiger partial charge in [0.1, 0.15) is 16.7 Å². The van der Waals surface area contributed by atoms with E-state index in [0.717, 1.165) is 30.5 Å². The monoisotopic (exact) mass is 485 g/mol. The van der Waals surface area contributed by atoms with Crippen LogP contribution in [0.25, 0.3) is 5.57 Å². The molecule has 1 aliphatic carbocycles. The van der Waals surface area contributed by atoms with Gasteiger partial charge < -0.3 is 9.84 Å². The lowest BCUT2D eigenvalue weighted by molar-refractivity contribution is 0.0730. The molecule has 0 saturated carbocycles. The fraction of sp³-hybridized carbons (Fsp3) is 0.500. The van der Waals surface area contributed by atoms with Gasteiger partial charge in [-0.15, -0.1) is 0 Å². The van der Waals surface area contributed by atoms with Crippen LogP contribution in [0.1, 0.15) is 44.4 Å². The van der Waals surface area contributed by atoms with Gasteiger partial charge in [0.15, 0.2) is 0 Å². The molecule has 7 nitrogen and oxygen atoms in total. The largest absolute Gasteiger partial charge is 0.487 e. The SMILES string of the molecule is C[C@@H]1CN([C@H](C)CO)S(=O)(=O)c2ccc(C3=CCCC3)cc2O[C@@H]1CN(C)Cc1ccccn1. The van der Waals surface area contributed by atoms with E-state index in [4.69, 9.17) is 4.74 Å². The van der Waals surface area contributed by atoms with Crippen molar-refractivity contribution >= 4 is 15.6 Å². The van der Waals surface area contributed by atoms with Crippen molar-refractivity contribution in [3.8, 4) is 5.75 Å². The number of ether oxygens (including phenoxy) is 1. The Kier molecular flexibility index (Phi) is 7.72. The maximum absolute atomic E-state index is 13.6. The van der Waals surface area contributed by atoms with Crippen molar-refractivity contribution in [2.75, 3.05) is 26.7 Å². The molecule has 1 N–H and O–H groups in total. The smallest absolute Gasteiger partial charge is 0.247 e. The van der Waals surface area contributed by atoms with Crippen LogP contribution in [0.15, 0.2) is 53.6 Å². The fourth-order valence-electron chi connectivity index (χ4n) is 4.72. The first-order valence-corrected chi connectivity index (χ1v) is 13.4. The van der Waals surface area contributed by atoms with E-state index in [1.54, 1.807) is 19.2 Å². The first-order valence-electron chi connectivity index (χ1n) is 12.0. The predicted octanol–water partition coefficient (Wildman–Crippen LogP) is 3.55. The van der Waals surface area contributed by atoms with Crippen LogP contribution < -0.4 is 4.74 Å². The molecule has 2 aromatic rings. The van der Waals surface area contributed by atoms with Crippen molar-refractivity contribution in [1.29, 1.82) is 0 Å². The molecule has 1 aliphatic heterocycles. The Bertz CT molecular complexity index is 1120. The number of aliphatic hydroxyl groups excluding tert-OH is 1. The fourth-order valence-corrected chi connectivity index (χ4v) is 6.54. The number of nitrogens with zero attached hydrogens (tertiary/aromatic N) is 3. The highest BCUT2D eigenvalue weighted by Gasteiger charge is 2.38. The summed E-state index contributed by atoms with van der Waals surface area (Å²) in [5, 5.41) is 9.82. The van der Waals surface area contributed by atoms with Crippen LogP contribution in [0.3, 0.4) is 0 Å². The van der Waals surface area contributed by atoms with E-state index < -0.39 is 16.1 Å². The van der Waals surface area contributed by atoms with Crippen molar-refractivity contribution in [3.63, 3.8) is 0 Å². The van der Waals surface area contributed by atoms with Crippen LogP contribution in [0.4, 0.5) is 0 Å². The number of benzene rings is 1. The van der Waals surface area contributed by atoms with Gasteiger partial charge in [-0.1, -0.05) is 25.1 Å². The number of hydrogen-bond acceptors (Lipinski definition) is 6. The summed E-state index contributed by atoms with van der Waals surface area (Å²) in [6, 6.07) is 10.8. The average molecular weight is 486 g/mol. The van der Waals surface area contributed by atoms with E-state index >= 15 is 0 Å². The minimum Gasteiger partial charge on any atom is -0.487 e. The Morgan fingerprint density at radius 2 is 2.12 bits per heavy atom. The van der Waals surface area contributed by atoms with Crippen LogP contribution in [-0.4, -0.2) is 66.6 Å². The van der Waals surface area contributed by atoms with Crippen molar-refractivity contribution < 1.29 is 18.3 Å². The zero-order chi connectivity index (χ0) is 24.3. The van der Waals surface area contributed by atoms with Gasteiger partial charge in [0.05, 0.1) is 12.3 Å². The van der Waals surface area contributed by atoms with Crippen LogP contribution >= 0.6 is 0 Å². The lowest BCUT2D eigenvalue weighted by Crippen LogP contribution is -2.49. The average Bonchev–Trinajstić information content (AvgIpc) is 3.36. The Labute approximate surface area is 203 Å². The second kappa shape index (κ2) is 10.6. The lowest BCUT2D eigenvalue weighted by atomic mass is 10.0. The lowest BCUT2D eigenvalue weighted by Gasteiger charge is -2.37. The van der Waals surface area contributed by atoms with Crippen molar-refractivity contribution in [2.24, 2.45) is 5.92 Å². The number of likely N-dealkylation sites (N-methyl/N-ethyl adjacent to an activating group) is 1. The number of aliphatic hydroxyl groups is 1. The van der Waals surface area contributed by atoms with Gasteiger partial charge in [-0.2, -0.15) is 4.31 Å². The van der Waals surface area contributed by atoms with E-state index in [-0.39, 0.29) is 30.1 Å². The number of sulfonamides is 1. The summed E-state index contributed by atoms with van der Waals surface area (Å²) in [6.07, 6.45) is 6.93. The zero-order valence-electron chi connectivity index (χ0n) is 20.2. The third-order valence-electron chi connectivity index (χ3n) is 6.73. The van der Waals surface area contributed by atoms with E-state index in [0.29, 0.717) is 18.8 Å². The second-order valence-corrected chi connectivity index (χ2v) is 11.4. The Balaban J connectivity index is 1.69.